The molecule has 0 aliphatic carbocycles. The Morgan fingerprint density at radius 2 is 2.19 bits per heavy atom. The highest BCUT2D eigenvalue weighted by Gasteiger charge is 2.22. The summed E-state index contributed by atoms with van der Waals surface area (Å²) in [5.74, 6) is 0.346. The van der Waals surface area contributed by atoms with Crippen molar-refractivity contribution in [3.63, 3.8) is 0 Å². The molecule has 1 atom stereocenters. The lowest BCUT2D eigenvalue weighted by atomic mass is 10.0. The first-order valence-corrected chi connectivity index (χ1v) is 6.62. The maximum absolute atomic E-state index is 12.0. The third kappa shape index (κ3) is 3.89. The average molecular weight is 261 g/mol. The Balaban J connectivity index is 2.61. The SMILES string of the molecule is CCOC(C(=O)Cc1ccc(Cl)s1)C(C)C. The third-order valence-electron chi connectivity index (χ3n) is 2.25. The van der Waals surface area contributed by atoms with Crippen molar-refractivity contribution in [1.29, 1.82) is 0 Å². The molecule has 0 spiro atoms. The number of thiophene rings is 1. The van der Waals surface area contributed by atoms with Gasteiger partial charge in [-0.2, -0.15) is 0 Å². The van der Waals surface area contributed by atoms with Crippen molar-refractivity contribution >= 4 is 28.7 Å². The second kappa shape index (κ2) is 6.38. The molecule has 1 unspecified atom stereocenters. The molecule has 1 aromatic heterocycles. The second-order valence-electron chi connectivity index (χ2n) is 3.97. The van der Waals surface area contributed by atoms with Crippen LogP contribution in [0.25, 0.3) is 0 Å². The molecule has 0 amide bonds. The van der Waals surface area contributed by atoms with Gasteiger partial charge in [-0.3, -0.25) is 4.79 Å². The first-order chi connectivity index (χ1) is 7.54. The van der Waals surface area contributed by atoms with Crippen molar-refractivity contribution in [2.75, 3.05) is 6.61 Å². The highest BCUT2D eigenvalue weighted by Crippen LogP contribution is 2.23. The quantitative estimate of drug-likeness (QED) is 0.782. The Labute approximate surface area is 106 Å². The maximum Gasteiger partial charge on any atom is 0.166 e. The van der Waals surface area contributed by atoms with E-state index in [1.165, 1.54) is 11.3 Å². The standard InChI is InChI=1S/C12H17ClO2S/c1-4-15-12(8(2)3)10(14)7-9-5-6-11(13)16-9/h5-6,8,12H,4,7H2,1-3H3. The van der Waals surface area contributed by atoms with Crippen LogP contribution in [0.4, 0.5) is 0 Å². The predicted octanol–water partition coefficient (Wildman–Crippen LogP) is 3.57. The summed E-state index contributed by atoms with van der Waals surface area (Å²) in [6.45, 7) is 6.48. The van der Waals surface area contributed by atoms with Crippen LogP contribution in [0.1, 0.15) is 25.6 Å². The highest BCUT2D eigenvalue weighted by molar-refractivity contribution is 7.16. The average Bonchev–Trinajstić information content (AvgIpc) is 2.59. The van der Waals surface area contributed by atoms with E-state index in [9.17, 15) is 4.79 Å². The normalized spacial score (nSPS) is 13.1. The van der Waals surface area contributed by atoms with Gasteiger partial charge in [0.1, 0.15) is 6.10 Å². The molecule has 0 aromatic carbocycles. The van der Waals surface area contributed by atoms with Gasteiger partial charge in [-0.1, -0.05) is 25.4 Å². The van der Waals surface area contributed by atoms with E-state index < -0.39 is 0 Å². The van der Waals surface area contributed by atoms with E-state index in [0.29, 0.717) is 13.0 Å². The number of hydrogen-bond acceptors (Lipinski definition) is 3. The van der Waals surface area contributed by atoms with E-state index in [1.807, 2.05) is 32.9 Å². The minimum absolute atomic E-state index is 0.135. The monoisotopic (exact) mass is 260 g/mol. The largest absolute Gasteiger partial charge is 0.370 e. The number of carbonyl (C=O) groups is 1. The zero-order valence-electron chi connectivity index (χ0n) is 9.83. The van der Waals surface area contributed by atoms with Gasteiger partial charge >= 0.3 is 0 Å². The Hall–Kier alpha value is -0.380. The zero-order valence-corrected chi connectivity index (χ0v) is 11.4. The Morgan fingerprint density at radius 3 is 2.62 bits per heavy atom. The number of rotatable bonds is 6. The molecule has 1 heterocycles. The molecule has 1 aromatic rings. The fourth-order valence-corrected chi connectivity index (χ4v) is 2.65. The maximum atomic E-state index is 12.0. The summed E-state index contributed by atoms with van der Waals surface area (Å²) in [5.41, 5.74) is 0. The summed E-state index contributed by atoms with van der Waals surface area (Å²) in [6.07, 6.45) is 0.117. The first kappa shape index (κ1) is 13.7. The Morgan fingerprint density at radius 1 is 1.50 bits per heavy atom. The third-order valence-corrected chi connectivity index (χ3v) is 3.48. The number of halogens is 1. The molecule has 90 valence electrons. The molecule has 0 N–H and O–H groups in total. The summed E-state index contributed by atoms with van der Waals surface area (Å²) in [4.78, 5) is 13.0. The summed E-state index contributed by atoms with van der Waals surface area (Å²) >= 11 is 7.28. The summed E-state index contributed by atoms with van der Waals surface area (Å²) in [6, 6.07) is 3.72. The van der Waals surface area contributed by atoms with Gasteiger partial charge in [-0.25, -0.2) is 0 Å². The van der Waals surface area contributed by atoms with Crippen LogP contribution in [0.2, 0.25) is 4.34 Å². The van der Waals surface area contributed by atoms with Gasteiger partial charge in [0.05, 0.1) is 4.34 Å². The van der Waals surface area contributed by atoms with Gasteiger partial charge in [-0.05, 0) is 25.0 Å². The molecule has 1 rings (SSSR count). The molecule has 0 radical (unpaired) electrons. The molecular weight excluding hydrogens is 244 g/mol. The smallest absolute Gasteiger partial charge is 0.166 e. The number of carbonyl (C=O) groups excluding carboxylic acids is 1. The van der Waals surface area contributed by atoms with Crippen LogP contribution in [-0.4, -0.2) is 18.5 Å². The van der Waals surface area contributed by atoms with Crippen LogP contribution in [0.3, 0.4) is 0 Å². The number of hydrogen-bond donors (Lipinski definition) is 0. The van der Waals surface area contributed by atoms with Gasteiger partial charge in [-0.15, -0.1) is 11.3 Å². The first-order valence-electron chi connectivity index (χ1n) is 5.43. The van der Waals surface area contributed by atoms with Gasteiger partial charge in [0.2, 0.25) is 0 Å². The minimum Gasteiger partial charge on any atom is -0.370 e. The lowest BCUT2D eigenvalue weighted by Crippen LogP contribution is -2.30. The van der Waals surface area contributed by atoms with Crippen LogP contribution in [0.5, 0.6) is 0 Å². The van der Waals surface area contributed by atoms with E-state index in [1.54, 1.807) is 0 Å². The minimum atomic E-state index is -0.300. The molecular formula is C12H17ClO2S. The number of ether oxygens (including phenoxy) is 1. The van der Waals surface area contributed by atoms with Crippen molar-refractivity contribution in [2.24, 2.45) is 5.92 Å². The molecule has 16 heavy (non-hydrogen) atoms. The van der Waals surface area contributed by atoms with Crippen LogP contribution < -0.4 is 0 Å². The molecule has 0 aliphatic heterocycles. The second-order valence-corrected chi connectivity index (χ2v) is 5.77. The summed E-state index contributed by atoms with van der Waals surface area (Å²) < 4.78 is 6.19. The van der Waals surface area contributed by atoms with Crippen molar-refractivity contribution in [3.8, 4) is 0 Å². The van der Waals surface area contributed by atoms with Crippen molar-refractivity contribution in [1.82, 2.24) is 0 Å². The fourth-order valence-electron chi connectivity index (χ4n) is 1.56. The van der Waals surface area contributed by atoms with E-state index >= 15 is 0 Å². The van der Waals surface area contributed by atoms with Gasteiger partial charge in [0.25, 0.3) is 0 Å². The van der Waals surface area contributed by atoms with Crippen molar-refractivity contribution in [2.45, 2.75) is 33.3 Å². The summed E-state index contributed by atoms with van der Waals surface area (Å²) in [7, 11) is 0. The lowest BCUT2D eigenvalue weighted by molar-refractivity contribution is -0.132. The highest BCUT2D eigenvalue weighted by atomic mass is 35.5. The number of Topliss-reactive ketones (excluding diaryl/α,β-unsaturated/α-hetero) is 1. The topological polar surface area (TPSA) is 26.3 Å². The Bertz CT molecular complexity index is 347. The van der Waals surface area contributed by atoms with E-state index in [2.05, 4.69) is 0 Å². The van der Waals surface area contributed by atoms with Gasteiger partial charge in [0, 0.05) is 17.9 Å². The van der Waals surface area contributed by atoms with E-state index in [0.717, 1.165) is 9.21 Å². The molecule has 2 nitrogen and oxygen atoms in total. The van der Waals surface area contributed by atoms with E-state index in [4.69, 9.17) is 16.3 Å². The lowest BCUT2D eigenvalue weighted by Gasteiger charge is -2.18. The van der Waals surface area contributed by atoms with Crippen LogP contribution in [0.15, 0.2) is 12.1 Å². The Kier molecular flexibility index (Phi) is 5.46. The van der Waals surface area contributed by atoms with Gasteiger partial charge in [0.15, 0.2) is 5.78 Å². The fraction of sp³-hybridized carbons (Fsp3) is 0.583. The van der Waals surface area contributed by atoms with Crippen molar-refractivity contribution < 1.29 is 9.53 Å². The molecule has 0 aliphatic rings. The van der Waals surface area contributed by atoms with E-state index in [-0.39, 0.29) is 17.8 Å². The molecule has 0 fully saturated rings. The van der Waals surface area contributed by atoms with Crippen LogP contribution >= 0.6 is 22.9 Å². The summed E-state index contributed by atoms with van der Waals surface area (Å²) in [5, 5.41) is 0. The molecule has 4 heteroatoms. The molecule has 0 bridgehead atoms. The zero-order chi connectivity index (χ0) is 12.1. The predicted molar refractivity (Wildman–Crippen MR) is 68.3 cm³/mol. The van der Waals surface area contributed by atoms with Crippen molar-refractivity contribution in [3.05, 3.63) is 21.3 Å². The number of ketones is 1. The van der Waals surface area contributed by atoms with Crippen LogP contribution in [0, 0.1) is 5.92 Å². The van der Waals surface area contributed by atoms with Gasteiger partial charge < -0.3 is 4.74 Å². The molecule has 0 saturated carbocycles. The van der Waals surface area contributed by atoms with Crippen LogP contribution in [-0.2, 0) is 16.0 Å². The molecule has 0 saturated heterocycles.